The number of hydrogen-bond donors (Lipinski definition) is 1. The topological polar surface area (TPSA) is 37.3 Å². The van der Waals surface area contributed by atoms with Crippen LogP contribution in [0.3, 0.4) is 0 Å². The molecule has 0 radical (unpaired) electrons. The largest absolute Gasteiger partial charge is 0.306 e. The summed E-state index contributed by atoms with van der Waals surface area (Å²) in [6, 6.07) is 0. The van der Waals surface area contributed by atoms with Gasteiger partial charge < -0.3 is 4.55 Å². The Labute approximate surface area is 69.7 Å². The van der Waals surface area contributed by atoms with E-state index in [4.69, 9.17) is 4.55 Å². The lowest BCUT2D eigenvalue weighted by Gasteiger charge is -2.19. The summed E-state index contributed by atoms with van der Waals surface area (Å²) in [4.78, 5) is 0. The van der Waals surface area contributed by atoms with Crippen LogP contribution in [0.25, 0.3) is 0 Å². The van der Waals surface area contributed by atoms with Crippen LogP contribution in [0, 0.1) is 17.8 Å². The third-order valence-electron chi connectivity index (χ3n) is 3.24. The van der Waals surface area contributed by atoms with Gasteiger partial charge in [0.1, 0.15) is 0 Å². The van der Waals surface area contributed by atoms with E-state index in [0.29, 0.717) is 11.7 Å². The van der Waals surface area contributed by atoms with Gasteiger partial charge in [-0.05, 0) is 37.0 Å². The number of fused-ring (bicyclic) bond motifs is 2. The van der Waals surface area contributed by atoms with Gasteiger partial charge >= 0.3 is 0 Å². The Morgan fingerprint density at radius 3 is 2.64 bits per heavy atom. The van der Waals surface area contributed by atoms with Crippen LogP contribution in [0.2, 0.25) is 0 Å². The zero-order valence-electron chi connectivity index (χ0n) is 6.53. The summed E-state index contributed by atoms with van der Waals surface area (Å²) in [6.45, 7) is 0. The maximum absolute atomic E-state index is 10.5. The molecule has 2 rings (SSSR count). The predicted octanol–water partition coefficient (Wildman–Crippen LogP) is 1.64. The van der Waals surface area contributed by atoms with Crippen LogP contribution in [0.5, 0.6) is 0 Å². The van der Waals surface area contributed by atoms with Crippen molar-refractivity contribution in [1.29, 1.82) is 0 Å². The second kappa shape index (κ2) is 2.87. The maximum atomic E-state index is 10.5. The monoisotopic (exact) mass is 174 g/mol. The summed E-state index contributed by atoms with van der Waals surface area (Å²) in [5.41, 5.74) is 0. The van der Waals surface area contributed by atoms with Crippen molar-refractivity contribution in [2.45, 2.75) is 25.7 Å². The minimum absolute atomic E-state index is 0.529. The van der Waals surface area contributed by atoms with Gasteiger partial charge in [-0.1, -0.05) is 6.42 Å². The van der Waals surface area contributed by atoms with Crippen molar-refractivity contribution in [3.05, 3.63) is 0 Å². The third kappa shape index (κ3) is 1.49. The summed E-state index contributed by atoms with van der Waals surface area (Å²) in [5, 5.41) is 0. The standard InChI is InChI=1S/C8H14O2S/c9-11(10)5-8-4-6-1-2-7(8)3-6/h6-8H,1-5H2,(H,9,10). The molecule has 3 heteroatoms. The van der Waals surface area contributed by atoms with E-state index in [2.05, 4.69) is 0 Å². The van der Waals surface area contributed by atoms with E-state index in [1.165, 1.54) is 25.7 Å². The predicted molar refractivity (Wildman–Crippen MR) is 44.6 cm³/mol. The molecule has 1 N–H and O–H groups in total. The lowest BCUT2D eigenvalue weighted by atomic mass is 9.90. The average molecular weight is 174 g/mol. The third-order valence-corrected chi connectivity index (χ3v) is 3.95. The Hall–Kier alpha value is 0.110. The number of hydrogen-bond acceptors (Lipinski definition) is 1. The highest BCUT2D eigenvalue weighted by atomic mass is 32.2. The fourth-order valence-corrected chi connectivity index (χ4v) is 3.54. The highest BCUT2D eigenvalue weighted by Crippen LogP contribution is 2.48. The Morgan fingerprint density at radius 2 is 2.18 bits per heavy atom. The van der Waals surface area contributed by atoms with Crippen molar-refractivity contribution in [3.8, 4) is 0 Å². The molecule has 4 atom stereocenters. The second-order valence-electron chi connectivity index (χ2n) is 3.92. The van der Waals surface area contributed by atoms with Crippen LogP contribution >= 0.6 is 0 Å². The molecule has 0 saturated heterocycles. The van der Waals surface area contributed by atoms with Crippen LogP contribution in [0.15, 0.2) is 0 Å². The zero-order chi connectivity index (χ0) is 7.84. The van der Waals surface area contributed by atoms with Crippen LogP contribution in [-0.4, -0.2) is 14.5 Å². The van der Waals surface area contributed by atoms with Crippen molar-refractivity contribution in [3.63, 3.8) is 0 Å². The molecular weight excluding hydrogens is 160 g/mol. The van der Waals surface area contributed by atoms with E-state index in [0.717, 1.165) is 11.8 Å². The molecule has 2 aliphatic rings. The van der Waals surface area contributed by atoms with E-state index < -0.39 is 11.1 Å². The smallest absolute Gasteiger partial charge is 0.153 e. The summed E-state index contributed by atoms with van der Waals surface area (Å²) in [6.07, 6.45) is 5.24. The molecule has 2 nitrogen and oxygen atoms in total. The molecule has 0 aromatic carbocycles. The van der Waals surface area contributed by atoms with Gasteiger partial charge in [-0.2, -0.15) is 0 Å². The van der Waals surface area contributed by atoms with Crippen molar-refractivity contribution < 1.29 is 8.76 Å². The molecule has 11 heavy (non-hydrogen) atoms. The van der Waals surface area contributed by atoms with Gasteiger partial charge in [0.15, 0.2) is 11.1 Å². The molecule has 0 amide bonds. The molecule has 0 heterocycles. The first-order chi connectivity index (χ1) is 5.25. The number of rotatable bonds is 2. The maximum Gasteiger partial charge on any atom is 0.153 e. The van der Waals surface area contributed by atoms with Crippen LogP contribution < -0.4 is 0 Å². The van der Waals surface area contributed by atoms with Crippen LogP contribution in [0.4, 0.5) is 0 Å². The van der Waals surface area contributed by atoms with E-state index in [1.54, 1.807) is 0 Å². The molecule has 2 bridgehead atoms. The fraction of sp³-hybridized carbons (Fsp3) is 1.00. The highest BCUT2D eigenvalue weighted by Gasteiger charge is 2.39. The Bertz CT molecular complexity index is 181. The first-order valence-electron chi connectivity index (χ1n) is 4.33. The van der Waals surface area contributed by atoms with Gasteiger partial charge in [-0.25, -0.2) is 4.21 Å². The highest BCUT2D eigenvalue weighted by molar-refractivity contribution is 7.79. The molecule has 2 saturated carbocycles. The lowest BCUT2D eigenvalue weighted by Crippen LogP contribution is -2.17. The van der Waals surface area contributed by atoms with E-state index in [9.17, 15) is 4.21 Å². The van der Waals surface area contributed by atoms with Gasteiger partial charge in [0.05, 0.1) is 5.75 Å². The summed E-state index contributed by atoms with van der Waals surface area (Å²) < 4.78 is 19.3. The molecule has 2 aliphatic carbocycles. The summed E-state index contributed by atoms with van der Waals surface area (Å²) in [5.74, 6) is 2.78. The van der Waals surface area contributed by atoms with Gasteiger partial charge in [0.25, 0.3) is 0 Å². The quantitative estimate of drug-likeness (QED) is 0.646. The molecule has 0 aliphatic heterocycles. The second-order valence-corrected chi connectivity index (χ2v) is 4.90. The minimum Gasteiger partial charge on any atom is -0.306 e. The van der Waals surface area contributed by atoms with E-state index >= 15 is 0 Å². The van der Waals surface area contributed by atoms with Crippen molar-refractivity contribution in [1.82, 2.24) is 0 Å². The zero-order valence-corrected chi connectivity index (χ0v) is 7.35. The van der Waals surface area contributed by atoms with Crippen molar-refractivity contribution in [2.24, 2.45) is 17.8 Å². The average Bonchev–Trinajstić information content (AvgIpc) is 2.45. The first kappa shape index (κ1) is 7.74. The molecule has 4 unspecified atom stereocenters. The molecule has 64 valence electrons. The summed E-state index contributed by atoms with van der Waals surface area (Å²) in [7, 11) is 0. The SMILES string of the molecule is O=S(O)CC1CC2CCC1C2. The van der Waals surface area contributed by atoms with Crippen molar-refractivity contribution >= 4 is 11.1 Å². The van der Waals surface area contributed by atoms with E-state index in [-0.39, 0.29) is 0 Å². The molecule has 2 fully saturated rings. The van der Waals surface area contributed by atoms with Gasteiger partial charge in [-0.3, -0.25) is 0 Å². The van der Waals surface area contributed by atoms with E-state index in [1.807, 2.05) is 0 Å². The minimum atomic E-state index is -1.56. The molecule has 0 spiro atoms. The molecular formula is C8H14O2S. The van der Waals surface area contributed by atoms with Crippen LogP contribution in [0.1, 0.15) is 25.7 Å². The molecule has 0 aromatic rings. The van der Waals surface area contributed by atoms with Gasteiger partial charge in [-0.15, -0.1) is 0 Å². The Balaban J connectivity index is 1.92. The normalized spacial score (nSPS) is 44.6. The van der Waals surface area contributed by atoms with Crippen molar-refractivity contribution in [2.75, 3.05) is 5.75 Å². The van der Waals surface area contributed by atoms with Gasteiger partial charge in [0.2, 0.25) is 0 Å². The Kier molecular flexibility index (Phi) is 2.02. The first-order valence-corrected chi connectivity index (χ1v) is 5.60. The summed E-state index contributed by atoms with van der Waals surface area (Å²) >= 11 is -1.56. The van der Waals surface area contributed by atoms with Gasteiger partial charge in [0, 0.05) is 0 Å². The lowest BCUT2D eigenvalue weighted by molar-refractivity contribution is 0.358. The van der Waals surface area contributed by atoms with Crippen LogP contribution in [-0.2, 0) is 11.1 Å². The fourth-order valence-electron chi connectivity index (χ4n) is 2.76. The molecule has 0 aromatic heterocycles. The Morgan fingerprint density at radius 1 is 1.36 bits per heavy atom.